The molecule has 2 bridgehead atoms. The lowest BCUT2D eigenvalue weighted by Gasteiger charge is -2.51. The van der Waals surface area contributed by atoms with Gasteiger partial charge in [0.2, 0.25) is 5.79 Å². The second kappa shape index (κ2) is 5.58. The Labute approximate surface area is 136 Å². The van der Waals surface area contributed by atoms with Crippen LogP contribution in [0.2, 0.25) is 0 Å². The minimum Gasteiger partial charge on any atom is -0.478 e. The number of allylic oxidation sites excluding steroid dienone is 2. The minimum atomic E-state index is -0.943. The molecular formula is C18H24O5. The molecule has 3 aliphatic rings. The Morgan fingerprint density at radius 2 is 2.09 bits per heavy atom. The topological polar surface area (TPSA) is 68.3 Å². The molecule has 3 rings (SSSR count). The maximum Gasteiger partial charge on any atom is 0.328 e. The van der Waals surface area contributed by atoms with Crippen LogP contribution in [-0.2, 0) is 19.0 Å². The summed E-state index contributed by atoms with van der Waals surface area (Å²) >= 11 is 0. The molecule has 6 atom stereocenters. The number of carbonyl (C=O) groups is 1. The number of carboxylic acid groups (broad SMARTS) is 1. The zero-order valence-electron chi connectivity index (χ0n) is 14.0. The van der Waals surface area contributed by atoms with Gasteiger partial charge in [-0.1, -0.05) is 37.6 Å². The maximum absolute atomic E-state index is 10.6. The monoisotopic (exact) mass is 320 g/mol. The number of carboxylic acids is 1. The van der Waals surface area contributed by atoms with Crippen LogP contribution in [0.4, 0.5) is 0 Å². The first-order valence-electron chi connectivity index (χ1n) is 8.05. The van der Waals surface area contributed by atoms with Crippen molar-refractivity contribution < 1.29 is 24.1 Å². The predicted molar refractivity (Wildman–Crippen MR) is 84.8 cm³/mol. The summed E-state index contributed by atoms with van der Waals surface area (Å²) in [6.07, 6.45) is 8.97. The van der Waals surface area contributed by atoms with E-state index >= 15 is 0 Å². The highest BCUT2D eigenvalue weighted by molar-refractivity contribution is 5.80. The Morgan fingerprint density at radius 1 is 1.39 bits per heavy atom. The van der Waals surface area contributed by atoms with Gasteiger partial charge in [0.15, 0.2) is 5.60 Å². The molecule has 0 amide bonds. The molecule has 2 saturated heterocycles. The summed E-state index contributed by atoms with van der Waals surface area (Å²) in [6.45, 7) is 8.68. The van der Waals surface area contributed by atoms with E-state index in [9.17, 15) is 4.79 Å². The van der Waals surface area contributed by atoms with Crippen molar-refractivity contribution in [1.29, 1.82) is 0 Å². The number of fused-ring (bicyclic) bond motifs is 3. The van der Waals surface area contributed by atoms with Gasteiger partial charge in [0, 0.05) is 17.9 Å². The molecule has 0 aromatic heterocycles. The molecule has 0 radical (unpaired) electrons. The highest BCUT2D eigenvalue weighted by atomic mass is 16.8. The van der Waals surface area contributed by atoms with Crippen molar-refractivity contribution in [2.75, 3.05) is 6.61 Å². The maximum atomic E-state index is 10.6. The SMILES string of the molecule is CC(/C=C/C(=O)O)=C\[C@@H](C)[C@@H]1O[C@]2(C)O[C@@H](C=C[C@]23CO3)[C@H]1C. The van der Waals surface area contributed by atoms with E-state index in [1.807, 2.05) is 13.8 Å². The number of hydrogen-bond acceptors (Lipinski definition) is 4. The van der Waals surface area contributed by atoms with Crippen LogP contribution in [0.1, 0.15) is 27.7 Å². The van der Waals surface area contributed by atoms with Crippen molar-refractivity contribution in [3.8, 4) is 0 Å². The highest BCUT2D eigenvalue weighted by Gasteiger charge is 2.65. The van der Waals surface area contributed by atoms with Gasteiger partial charge >= 0.3 is 5.97 Å². The van der Waals surface area contributed by atoms with E-state index in [0.717, 1.165) is 11.6 Å². The first-order chi connectivity index (χ1) is 10.8. The van der Waals surface area contributed by atoms with E-state index in [1.165, 1.54) is 0 Å². The fourth-order valence-corrected chi connectivity index (χ4v) is 3.55. The van der Waals surface area contributed by atoms with Gasteiger partial charge in [0.1, 0.15) is 0 Å². The summed E-state index contributed by atoms with van der Waals surface area (Å²) in [4.78, 5) is 10.6. The third kappa shape index (κ3) is 2.89. The Kier molecular flexibility index (Phi) is 3.99. The molecule has 126 valence electrons. The molecule has 0 aliphatic carbocycles. The van der Waals surface area contributed by atoms with Gasteiger partial charge in [-0.3, -0.25) is 0 Å². The highest BCUT2D eigenvalue weighted by Crippen LogP contribution is 2.51. The van der Waals surface area contributed by atoms with Gasteiger partial charge in [-0.05, 0) is 19.9 Å². The summed E-state index contributed by atoms with van der Waals surface area (Å²) in [7, 11) is 0. The van der Waals surface area contributed by atoms with E-state index in [0.29, 0.717) is 6.61 Å². The summed E-state index contributed by atoms with van der Waals surface area (Å²) in [5.74, 6) is -1.35. The molecule has 0 saturated carbocycles. The summed E-state index contributed by atoms with van der Waals surface area (Å²) in [5, 5.41) is 8.72. The molecule has 5 heteroatoms. The van der Waals surface area contributed by atoms with Gasteiger partial charge in [-0.25, -0.2) is 4.79 Å². The fraction of sp³-hybridized carbons (Fsp3) is 0.611. The number of rotatable bonds is 4. The lowest BCUT2D eigenvalue weighted by Crippen LogP contribution is -2.61. The molecule has 1 spiro atoms. The second-order valence-corrected chi connectivity index (χ2v) is 6.95. The molecule has 5 nitrogen and oxygen atoms in total. The van der Waals surface area contributed by atoms with Gasteiger partial charge in [0.25, 0.3) is 0 Å². The largest absolute Gasteiger partial charge is 0.478 e. The third-order valence-corrected chi connectivity index (χ3v) is 5.07. The lowest BCUT2D eigenvalue weighted by molar-refractivity contribution is -0.346. The number of epoxide rings is 1. The zero-order valence-corrected chi connectivity index (χ0v) is 14.0. The van der Waals surface area contributed by atoms with Crippen LogP contribution in [0, 0.1) is 11.8 Å². The van der Waals surface area contributed by atoms with Crippen molar-refractivity contribution in [3.63, 3.8) is 0 Å². The molecule has 0 aromatic rings. The zero-order chi connectivity index (χ0) is 16.8. The molecule has 3 heterocycles. The molecule has 2 fully saturated rings. The summed E-state index contributed by atoms with van der Waals surface area (Å²) in [5.41, 5.74) is 0.467. The van der Waals surface area contributed by atoms with E-state index in [4.69, 9.17) is 19.3 Å². The Bertz CT molecular complexity index is 586. The second-order valence-electron chi connectivity index (χ2n) is 6.95. The molecule has 0 unspecified atom stereocenters. The van der Waals surface area contributed by atoms with Gasteiger partial charge in [0.05, 0.1) is 18.8 Å². The van der Waals surface area contributed by atoms with Crippen LogP contribution >= 0.6 is 0 Å². The average Bonchev–Trinajstić information content (AvgIpc) is 3.26. The standard InChI is InChI=1S/C18H24O5/c1-11(5-6-15(19)20)9-12(2)16-13(3)14-7-8-18(10-21-18)17(4,22-14)23-16/h5-9,12-14,16H,10H2,1-4H3,(H,19,20)/b6-5+,11-9+/t12-,13-,14+,16+,17+,18+/m1/s1. The van der Waals surface area contributed by atoms with E-state index in [1.54, 1.807) is 6.08 Å². The van der Waals surface area contributed by atoms with E-state index in [2.05, 4.69) is 32.1 Å². The Balaban J connectivity index is 1.79. The molecule has 3 aliphatic heterocycles. The minimum absolute atomic E-state index is 0.0132. The molecule has 0 aromatic carbocycles. The van der Waals surface area contributed by atoms with Crippen molar-refractivity contribution >= 4 is 5.97 Å². The number of ether oxygens (including phenoxy) is 3. The quantitative estimate of drug-likeness (QED) is 0.373. The van der Waals surface area contributed by atoms with Crippen molar-refractivity contribution in [2.45, 2.75) is 51.3 Å². The van der Waals surface area contributed by atoms with Crippen molar-refractivity contribution in [1.82, 2.24) is 0 Å². The van der Waals surface area contributed by atoms with Crippen LogP contribution in [0.15, 0.2) is 36.0 Å². The fourth-order valence-electron chi connectivity index (χ4n) is 3.55. The number of aliphatic carboxylic acids is 1. The van der Waals surface area contributed by atoms with Crippen LogP contribution in [0.5, 0.6) is 0 Å². The van der Waals surface area contributed by atoms with Gasteiger partial charge in [-0.15, -0.1) is 0 Å². The Morgan fingerprint density at radius 3 is 2.70 bits per heavy atom. The predicted octanol–water partition coefficient (Wildman–Crippen LogP) is 2.68. The first-order valence-corrected chi connectivity index (χ1v) is 8.05. The van der Waals surface area contributed by atoms with Crippen LogP contribution in [0.25, 0.3) is 0 Å². The Hall–Kier alpha value is -1.43. The molecule has 1 N–H and O–H groups in total. The van der Waals surface area contributed by atoms with Crippen LogP contribution in [-0.4, -0.2) is 41.3 Å². The first kappa shape index (κ1) is 16.4. The molecule has 23 heavy (non-hydrogen) atoms. The van der Waals surface area contributed by atoms with Crippen molar-refractivity contribution in [2.24, 2.45) is 11.8 Å². The van der Waals surface area contributed by atoms with Gasteiger partial charge < -0.3 is 19.3 Å². The van der Waals surface area contributed by atoms with E-state index < -0.39 is 17.4 Å². The van der Waals surface area contributed by atoms with Crippen LogP contribution < -0.4 is 0 Å². The lowest BCUT2D eigenvalue weighted by atomic mass is 9.82. The van der Waals surface area contributed by atoms with Gasteiger partial charge in [-0.2, -0.15) is 0 Å². The molecular weight excluding hydrogens is 296 g/mol. The van der Waals surface area contributed by atoms with Crippen LogP contribution in [0.3, 0.4) is 0 Å². The van der Waals surface area contributed by atoms with Crippen molar-refractivity contribution in [3.05, 3.63) is 36.0 Å². The average molecular weight is 320 g/mol. The normalized spacial score (nSPS) is 43.8. The number of hydrogen-bond donors (Lipinski definition) is 1. The summed E-state index contributed by atoms with van der Waals surface area (Å²) < 4.78 is 18.1. The third-order valence-electron chi connectivity index (χ3n) is 5.07. The summed E-state index contributed by atoms with van der Waals surface area (Å²) in [6, 6.07) is 0. The van der Waals surface area contributed by atoms with E-state index in [-0.39, 0.29) is 24.0 Å². The smallest absolute Gasteiger partial charge is 0.328 e.